The minimum Gasteiger partial charge on any atom is -0.366 e. The predicted octanol–water partition coefficient (Wildman–Crippen LogP) is -1.38. The van der Waals surface area contributed by atoms with E-state index >= 15 is 0 Å². The SMILES string of the molecule is BC=CC(N)=O. The van der Waals surface area contributed by atoms with Crippen molar-refractivity contribution >= 4 is 13.8 Å². The summed E-state index contributed by atoms with van der Waals surface area (Å²) in [6, 6.07) is 0. The molecule has 0 fully saturated rings. The Bertz CT molecular complexity index is 78.9. The van der Waals surface area contributed by atoms with Crippen molar-refractivity contribution in [3.63, 3.8) is 0 Å². The van der Waals surface area contributed by atoms with Crippen LogP contribution in [0.15, 0.2) is 12.1 Å². The number of nitrogens with two attached hydrogens (primary N) is 1. The number of rotatable bonds is 1. The van der Waals surface area contributed by atoms with E-state index in [4.69, 9.17) is 0 Å². The Morgan fingerprint density at radius 2 is 2.33 bits per heavy atom. The summed E-state index contributed by atoms with van der Waals surface area (Å²) in [5, 5.41) is 0. The largest absolute Gasteiger partial charge is 0.366 e. The van der Waals surface area contributed by atoms with E-state index in [-0.39, 0.29) is 0 Å². The van der Waals surface area contributed by atoms with Crippen LogP contribution < -0.4 is 5.73 Å². The zero-order valence-corrected chi connectivity index (χ0v) is 3.64. The van der Waals surface area contributed by atoms with Gasteiger partial charge in [0, 0.05) is 0 Å². The van der Waals surface area contributed by atoms with Crippen molar-refractivity contribution in [2.24, 2.45) is 5.73 Å². The molecule has 0 radical (unpaired) electrons. The highest BCUT2D eigenvalue weighted by Crippen LogP contribution is 1.57. The highest BCUT2D eigenvalue weighted by Gasteiger charge is 1.73. The Morgan fingerprint density at radius 1 is 1.83 bits per heavy atom. The maximum Gasteiger partial charge on any atom is 0.240 e. The summed E-state index contributed by atoms with van der Waals surface area (Å²) in [6.07, 6.45) is 1.31. The number of hydrogen-bond donors (Lipinski definition) is 1. The molecule has 0 unspecified atom stereocenters. The lowest BCUT2D eigenvalue weighted by Gasteiger charge is -1.70. The van der Waals surface area contributed by atoms with Gasteiger partial charge < -0.3 is 5.73 Å². The molecule has 0 atom stereocenters. The van der Waals surface area contributed by atoms with Gasteiger partial charge in [-0.1, -0.05) is 0 Å². The van der Waals surface area contributed by atoms with Gasteiger partial charge in [0.2, 0.25) is 5.91 Å². The van der Waals surface area contributed by atoms with Crippen molar-refractivity contribution in [2.75, 3.05) is 0 Å². The summed E-state index contributed by atoms with van der Waals surface area (Å²) in [6.45, 7) is 0. The molecule has 0 bridgehead atoms. The fraction of sp³-hybridized carbons (Fsp3) is 0. The Hall–Kier alpha value is -0.725. The normalized spacial score (nSPS) is 9.33. The molecule has 2 N–H and O–H groups in total. The van der Waals surface area contributed by atoms with Crippen molar-refractivity contribution in [1.82, 2.24) is 0 Å². The fourth-order valence-corrected chi connectivity index (χ4v) is 0.164. The van der Waals surface area contributed by atoms with Gasteiger partial charge in [-0.05, 0) is 6.08 Å². The zero-order valence-electron chi connectivity index (χ0n) is 3.64. The second-order valence-corrected chi connectivity index (χ2v) is 0.902. The summed E-state index contributed by atoms with van der Waals surface area (Å²) >= 11 is 0. The first kappa shape index (κ1) is 5.27. The Kier molecular flexibility index (Phi) is 2.21. The van der Waals surface area contributed by atoms with Gasteiger partial charge in [0.25, 0.3) is 0 Å². The Labute approximate surface area is 37.4 Å². The third-order valence-electron chi connectivity index (χ3n) is 0.331. The molecule has 3 heteroatoms. The molecular formula is C3H6BNO. The molecule has 0 aromatic rings. The van der Waals surface area contributed by atoms with Gasteiger partial charge in [-0.15, -0.1) is 5.98 Å². The van der Waals surface area contributed by atoms with Gasteiger partial charge in [0.1, 0.15) is 7.85 Å². The predicted molar refractivity (Wildman–Crippen MR) is 26.9 cm³/mol. The number of carbonyl (C=O) groups excluding carboxylic acids is 1. The first-order valence-electron chi connectivity index (χ1n) is 1.69. The lowest BCUT2D eigenvalue weighted by atomic mass is 10.1. The number of amides is 1. The monoisotopic (exact) mass is 83.1 g/mol. The lowest BCUT2D eigenvalue weighted by molar-refractivity contribution is -0.113. The van der Waals surface area contributed by atoms with Crippen molar-refractivity contribution < 1.29 is 4.79 Å². The van der Waals surface area contributed by atoms with Crippen molar-refractivity contribution in [3.05, 3.63) is 12.1 Å². The van der Waals surface area contributed by atoms with E-state index < -0.39 is 5.91 Å². The first-order chi connectivity index (χ1) is 2.77. The molecular weight excluding hydrogens is 76.9 g/mol. The minimum atomic E-state index is -0.391. The molecule has 6 heavy (non-hydrogen) atoms. The van der Waals surface area contributed by atoms with Gasteiger partial charge in [0.15, 0.2) is 0 Å². The third-order valence-corrected chi connectivity index (χ3v) is 0.331. The molecule has 2 nitrogen and oxygen atoms in total. The van der Waals surface area contributed by atoms with Gasteiger partial charge in [0.05, 0.1) is 0 Å². The number of carbonyl (C=O) groups is 1. The summed E-state index contributed by atoms with van der Waals surface area (Å²) in [7, 11) is 1.74. The first-order valence-corrected chi connectivity index (χ1v) is 1.69. The maximum atomic E-state index is 9.73. The fourth-order valence-electron chi connectivity index (χ4n) is 0.164. The molecule has 0 aromatic heterocycles. The molecule has 0 saturated heterocycles. The summed E-state index contributed by atoms with van der Waals surface area (Å²) in [4.78, 5) is 9.73. The van der Waals surface area contributed by atoms with Crippen LogP contribution in [0.5, 0.6) is 0 Å². The van der Waals surface area contributed by atoms with E-state index in [0.717, 1.165) is 0 Å². The van der Waals surface area contributed by atoms with Crippen LogP contribution in [-0.2, 0) is 4.79 Å². The minimum absolute atomic E-state index is 0.391. The van der Waals surface area contributed by atoms with Gasteiger partial charge in [-0.3, -0.25) is 4.79 Å². The van der Waals surface area contributed by atoms with E-state index in [0.29, 0.717) is 0 Å². The topological polar surface area (TPSA) is 43.1 Å². The molecule has 0 aliphatic rings. The van der Waals surface area contributed by atoms with Crippen LogP contribution in [0.3, 0.4) is 0 Å². The van der Waals surface area contributed by atoms with Crippen LogP contribution in [0.25, 0.3) is 0 Å². The standard InChI is InChI=1S/C3H6BNO/c4-2-1-3(5)6/h1-2H,4H2,(H2,5,6). The van der Waals surface area contributed by atoms with E-state index in [9.17, 15) is 4.79 Å². The quantitative estimate of drug-likeness (QED) is 0.308. The van der Waals surface area contributed by atoms with Crippen molar-refractivity contribution in [2.45, 2.75) is 0 Å². The van der Waals surface area contributed by atoms with E-state index in [1.165, 1.54) is 6.08 Å². The summed E-state index contributed by atoms with van der Waals surface area (Å²) in [5.74, 6) is 1.21. The van der Waals surface area contributed by atoms with Crippen molar-refractivity contribution in [1.29, 1.82) is 0 Å². The maximum absolute atomic E-state index is 9.73. The Morgan fingerprint density at radius 3 is 2.33 bits per heavy atom. The van der Waals surface area contributed by atoms with E-state index in [1.54, 1.807) is 13.8 Å². The molecule has 1 amide bonds. The van der Waals surface area contributed by atoms with Crippen LogP contribution >= 0.6 is 0 Å². The second kappa shape index (κ2) is 2.51. The van der Waals surface area contributed by atoms with Crippen LogP contribution in [0.1, 0.15) is 0 Å². The molecule has 0 aliphatic carbocycles. The van der Waals surface area contributed by atoms with Crippen LogP contribution in [-0.4, -0.2) is 13.8 Å². The van der Waals surface area contributed by atoms with Crippen LogP contribution in [0.4, 0.5) is 0 Å². The molecule has 0 saturated carbocycles. The molecule has 0 heterocycles. The highest BCUT2D eigenvalue weighted by molar-refractivity contribution is 6.18. The van der Waals surface area contributed by atoms with Crippen LogP contribution in [0, 0.1) is 0 Å². The lowest BCUT2D eigenvalue weighted by Crippen LogP contribution is -2.04. The molecule has 0 aliphatic heterocycles. The zero-order chi connectivity index (χ0) is 4.99. The Balaban J connectivity index is 3.30. The number of primary amides is 1. The average molecular weight is 82.9 g/mol. The second-order valence-electron chi connectivity index (χ2n) is 0.902. The van der Waals surface area contributed by atoms with Gasteiger partial charge in [-0.25, -0.2) is 0 Å². The van der Waals surface area contributed by atoms with Crippen LogP contribution in [0.2, 0.25) is 0 Å². The van der Waals surface area contributed by atoms with Crippen molar-refractivity contribution in [3.8, 4) is 0 Å². The van der Waals surface area contributed by atoms with E-state index in [1.807, 2.05) is 0 Å². The summed E-state index contributed by atoms with van der Waals surface area (Å²) < 4.78 is 0. The van der Waals surface area contributed by atoms with Gasteiger partial charge in [-0.2, -0.15) is 0 Å². The number of hydrogen-bond acceptors (Lipinski definition) is 1. The molecule has 32 valence electrons. The smallest absolute Gasteiger partial charge is 0.240 e. The molecule has 0 aromatic carbocycles. The third kappa shape index (κ3) is 3.27. The van der Waals surface area contributed by atoms with Gasteiger partial charge >= 0.3 is 0 Å². The highest BCUT2D eigenvalue weighted by atomic mass is 16.1. The summed E-state index contributed by atoms with van der Waals surface area (Å²) in [5.41, 5.74) is 4.68. The molecule has 0 spiro atoms. The average Bonchev–Trinajstić information content (AvgIpc) is 1.35. The molecule has 0 rings (SSSR count). The van der Waals surface area contributed by atoms with E-state index in [2.05, 4.69) is 5.73 Å².